The van der Waals surface area contributed by atoms with Gasteiger partial charge in [0.25, 0.3) is 0 Å². The Balaban J connectivity index is 2.48. The first-order valence-corrected chi connectivity index (χ1v) is 4.34. The maximum atomic E-state index is 5.70. The highest BCUT2D eigenvalue weighted by Gasteiger charge is 2.05. The van der Waals surface area contributed by atoms with Crippen molar-refractivity contribution in [1.29, 1.82) is 0 Å². The molecule has 0 unspecified atom stereocenters. The summed E-state index contributed by atoms with van der Waals surface area (Å²) in [6.07, 6.45) is 3.10. The maximum absolute atomic E-state index is 5.70. The van der Waals surface area contributed by atoms with Crippen LogP contribution in [0.15, 0.2) is 23.1 Å². The molecule has 0 bridgehead atoms. The Morgan fingerprint density at radius 2 is 2.42 bits per heavy atom. The van der Waals surface area contributed by atoms with Gasteiger partial charge in [-0.05, 0) is 23.3 Å². The molecule has 2 radical (unpaired) electrons. The number of rotatable bonds is 1. The van der Waals surface area contributed by atoms with E-state index < -0.39 is 0 Å². The van der Waals surface area contributed by atoms with Crippen molar-refractivity contribution in [3.8, 4) is 10.6 Å². The molecule has 2 nitrogen and oxygen atoms in total. The van der Waals surface area contributed by atoms with Crippen molar-refractivity contribution in [3.63, 3.8) is 0 Å². The Morgan fingerprint density at radius 1 is 1.58 bits per heavy atom. The van der Waals surface area contributed by atoms with E-state index in [1.54, 1.807) is 6.20 Å². The molecule has 0 spiro atoms. The number of oxazole rings is 1. The number of aromatic nitrogens is 1. The average Bonchev–Trinajstić information content (AvgIpc) is 2.61. The van der Waals surface area contributed by atoms with Gasteiger partial charge >= 0.3 is 0 Å². The summed E-state index contributed by atoms with van der Waals surface area (Å²) < 4.78 is 5.97. The largest absolute Gasteiger partial charge is 0.443 e. The SMILES string of the molecule is [B]c1sc(-c2cnco2)cc1C. The van der Waals surface area contributed by atoms with Gasteiger partial charge in [-0.1, -0.05) is 0 Å². The van der Waals surface area contributed by atoms with Crippen LogP contribution < -0.4 is 4.78 Å². The molecule has 0 aliphatic heterocycles. The minimum absolute atomic E-state index is 0.778. The first-order valence-electron chi connectivity index (χ1n) is 3.52. The Kier molecular flexibility index (Phi) is 1.77. The summed E-state index contributed by atoms with van der Waals surface area (Å²) in [7, 11) is 5.70. The van der Waals surface area contributed by atoms with Crippen LogP contribution in [0.4, 0.5) is 0 Å². The van der Waals surface area contributed by atoms with Gasteiger partial charge in [0.05, 0.1) is 11.1 Å². The van der Waals surface area contributed by atoms with Gasteiger partial charge in [0.15, 0.2) is 12.2 Å². The van der Waals surface area contributed by atoms with Crippen molar-refractivity contribution < 1.29 is 4.42 Å². The lowest BCUT2D eigenvalue weighted by Gasteiger charge is -1.84. The van der Waals surface area contributed by atoms with E-state index in [4.69, 9.17) is 12.3 Å². The number of thiophene rings is 1. The molecule has 4 heteroatoms. The predicted molar refractivity (Wildman–Crippen MR) is 49.9 cm³/mol. The van der Waals surface area contributed by atoms with E-state index in [1.165, 1.54) is 17.7 Å². The van der Waals surface area contributed by atoms with E-state index in [2.05, 4.69) is 4.98 Å². The van der Waals surface area contributed by atoms with Crippen LogP contribution in [-0.4, -0.2) is 12.8 Å². The van der Waals surface area contributed by atoms with E-state index in [0.717, 1.165) is 21.0 Å². The summed E-state index contributed by atoms with van der Waals surface area (Å²) in [6, 6.07) is 2.00. The molecule has 0 saturated carbocycles. The molecular weight excluding hydrogens is 169 g/mol. The van der Waals surface area contributed by atoms with Crippen LogP contribution >= 0.6 is 11.3 Å². The standard InChI is InChI=1S/C8H6BNOS/c1-5-2-7(12-8(5)9)6-3-10-4-11-6/h2-4H,1H3. The molecule has 0 saturated heterocycles. The van der Waals surface area contributed by atoms with Crippen molar-refractivity contribution in [2.24, 2.45) is 0 Å². The topological polar surface area (TPSA) is 26.0 Å². The van der Waals surface area contributed by atoms with Crippen LogP contribution in [0, 0.1) is 6.92 Å². The zero-order valence-corrected chi connectivity index (χ0v) is 7.39. The molecule has 0 aromatic carbocycles. The average molecular weight is 175 g/mol. The number of hydrogen-bond donors (Lipinski definition) is 0. The molecule has 0 aliphatic carbocycles. The van der Waals surface area contributed by atoms with Crippen LogP contribution in [0.3, 0.4) is 0 Å². The zero-order chi connectivity index (χ0) is 8.55. The second-order valence-electron chi connectivity index (χ2n) is 2.52. The summed E-state index contributed by atoms with van der Waals surface area (Å²) in [5.74, 6) is 0.778. The molecule has 58 valence electrons. The monoisotopic (exact) mass is 175 g/mol. The first kappa shape index (κ1) is 7.62. The third kappa shape index (κ3) is 1.18. The van der Waals surface area contributed by atoms with E-state index >= 15 is 0 Å². The molecule has 0 N–H and O–H groups in total. The van der Waals surface area contributed by atoms with Crippen molar-refractivity contribution >= 4 is 24.0 Å². The predicted octanol–water partition coefficient (Wildman–Crippen LogP) is 1.51. The van der Waals surface area contributed by atoms with Crippen molar-refractivity contribution in [1.82, 2.24) is 4.98 Å². The van der Waals surface area contributed by atoms with Crippen molar-refractivity contribution in [3.05, 3.63) is 24.2 Å². The third-order valence-corrected chi connectivity index (χ3v) is 2.71. The summed E-state index contributed by atoms with van der Waals surface area (Å²) in [5.41, 5.74) is 1.09. The summed E-state index contributed by atoms with van der Waals surface area (Å²) in [4.78, 5) is 4.87. The normalized spacial score (nSPS) is 10.4. The lowest BCUT2D eigenvalue weighted by Crippen LogP contribution is -1.96. The Labute approximate surface area is 75.7 Å². The lowest BCUT2D eigenvalue weighted by molar-refractivity contribution is 0.573. The van der Waals surface area contributed by atoms with E-state index in [-0.39, 0.29) is 0 Å². The van der Waals surface area contributed by atoms with Gasteiger partial charge in [0.2, 0.25) is 0 Å². The van der Waals surface area contributed by atoms with Gasteiger partial charge in [-0.25, -0.2) is 4.98 Å². The Bertz CT molecular complexity index is 360. The van der Waals surface area contributed by atoms with Crippen LogP contribution in [0.1, 0.15) is 5.56 Å². The Morgan fingerprint density at radius 3 is 2.92 bits per heavy atom. The lowest BCUT2D eigenvalue weighted by atomic mass is 10.0. The van der Waals surface area contributed by atoms with Gasteiger partial charge in [-0.15, -0.1) is 11.3 Å². The van der Waals surface area contributed by atoms with E-state index in [9.17, 15) is 0 Å². The van der Waals surface area contributed by atoms with Crippen molar-refractivity contribution in [2.75, 3.05) is 0 Å². The molecule has 0 atom stereocenters. The highest BCUT2D eigenvalue weighted by Crippen LogP contribution is 2.24. The van der Waals surface area contributed by atoms with Crippen LogP contribution in [0.2, 0.25) is 0 Å². The molecule has 2 rings (SSSR count). The Hall–Kier alpha value is -1.03. The van der Waals surface area contributed by atoms with Gasteiger partial charge in [-0.3, -0.25) is 0 Å². The number of hydrogen-bond acceptors (Lipinski definition) is 3. The molecule has 2 heterocycles. The molecular formula is C8H6BNOS. The third-order valence-electron chi connectivity index (χ3n) is 1.63. The van der Waals surface area contributed by atoms with Crippen LogP contribution in [-0.2, 0) is 0 Å². The van der Waals surface area contributed by atoms with E-state index in [0.29, 0.717) is 0 Å². The molecule has 2 aromatic heterocycles. The first-order chi connectivity index (χ1) is 5.77. The molecule has 2 aromatic rings. The summed E-state index contributed by atoms with van der Waals surface area (Å²) in [5, 5.41) is 0. The van der Waals surface area contributed by atoms with Crippen LogP contribution in [0.5, 0.6) is 0 Å². The highest BCUT2D eigenvalue weighted by molar-refractivity contribution is 7.23. The number of aryl methyl sites for hydroxylation is 1. The molecule has 0 aliphatic rings. The quantitative estimate of drug-likeness (QED) is 0.614. The van der Waals surface area contributed by atoms with E-state index in [1.807, 2.05) is 13.0 Å². The molecule has 12 heavy (non-hydrogen) atoms. The van der Waals surface area contributed by atoms with Gasteiger partial charge in [-0.2, -0.15) is 0 Å². The smallest absolute Gasteiger partial charge is 0.181 e. The van der Waals surface area contributed by atoms with Gasteiger partial charge in [0, 0.05) is 0 Å². The molecule has 0 fully saturated rings. The van der Waals surface area contributed by atoms with Gasteiger partial charge in [0.1, 0.15) is 7.85 Å². The van der Waals surface area contributed by atoms with Crippen LogP contribution in [0.25, 0.3) is 10.6 Å². The fourth-order valence-electron chi connectivity index (χ4n) is 0.955. The van der Waals surface area contributed by atoms with Crippen molar-refractivity contribution in [2.45, 2.75) is 6.92 Å². The minimum Gasteiger partial charge on any atom is -0.443 e. The highest BCUT2D eigenvalue weighted by atomic mass is 32.1. The zero-order valence-electron chi connectivity index (χ0n) is 6.57. The second kappa shape index (κ2) is 2.79. The van der Waals surface area contributed by atoms with Gasteiger partial charge < -0.3 is 4.42 Å². The fraction of sp³-hybridized carbons (Fsp3) is 0.125. The number of nitrogens with zero attached hydrogens (tertiary/aromatic N) is 1. The minimum atomic E-state index is 0.778. The summed E-state index contributed by atoms with van der Waals surface area (Å²) >= 11 is 1.52. The summed E-state index contributed by atoms with van der Waals surface area (Å²) in [6.45, 7) is 1.98. The second-order valence-corrected chi connectivity index (χ2v) is 3.61. The maximum Gasteiger partial charge on any atom is 0.181 e. The fourth-order valence-corrected chi connectivity index (χ4v) is 1.85. The molecule has 0 amide bonds.